The first kappa shape index (κ1) is 16.8. The number of benzene rings is 2. The lowest BCUT2D eigenvalue weighted by molar-refractivity contribution is 0.209. The molecular weight excluding hydrogens is 294 g/mol. The molecule has 0 saturated carbocycles. The van der Waals surface area contributed by atoms with Crippen LogP contribution in [0.1, 0.15) is 19.4 Å². The number of rotatable bonds is 6. The fourth-order valence-electron chi connectivity index (χ4n) is 3.28. The quantitative estimate of drug-likeness (QED) is 0.870. The second kappa shape index (κ2) is 8.20. The lowest BCUT2D eigenvalue weighted by Gasteiger charge is -2.38. The highest BCUT2D eigenvalue weighted by Crippen LogP contribution is 2.20. The molecule has 3 rings (SSSR count). The van der Waals surface area contributed by atoms with Crippen LogP contribution in [-0.4, -0.2) is 43.7 Å². The number of nitrogens with zero attached hydrogens (tertiary/aromatic N) is 2. The summed E-state index contributed by atoms with van der Waals surface area (Å²) in [6, 6.07) is 20.2. The van der Waals surface area contributed by atoms with Gasteiger partial charge in [-0.05, 0) is 50.1 Å². The van der Waals surface area contributed by atoms with Gasteiger partial charge in [0.15, 0.2) is 0 Å². The van der Waals surface area contributed by atoms with Gasteiger partial charge in [-0.25, -0.2) is 0 Å². The first-order valence-corrected chi connectivity index (χ1v) is 9.09. The molecule has 2 aromatic rings. The van der Waals surface area contributed by atoms with Gasteiger partial charge in [0.1, 0.15) is 0 Å². The summed E-state index contributed by atoms with van der Waals surface area (Å²) in [7, 11) is 0. The number of piperazine rings is 1. The summed E-state index contributed by atoms with van der Waals surface area (Å²) in [5.74, 6) is 0. The third kappa shape index (κ3) is 4.51. The van der Waals surface area contributed by atoms with Crippen LogP contribution in [0.3, 0.4) is 0 Å². The number of anilines is 2. The average molecular weight is 323 g/mol. The highest BCUT2D eigenvalue weighted by molar-refractivity contribution is 5.55. The van der Waals surface area contributed by atoms with Crippen molar-refractivity contribution in [1.29, 1.82) is 0 Å². The first-order valence-electron chi connectivity index (χ1n) is 9.09. The van der Waals surface area contributed by atoms with Crippen LogP contribution in [0.5, 0.6) is 0 Å². The summed E-state index contributed by atoms with van der Waals surface area (Å²) in [5, 5.41) is 3.52. The minimum absolute atomic E-state index is 0.656. The number of hydrogen-bond donors (Lipinski definition) is 1. The van der Waals surface area contributed by atoms with Crippen molar-refractivity contribution in [3.63, 3.8) is 0 Å². The van der Waals surface area contributed by atoms with Gasteiger partial charge in [-0.1, -0.05) is 30.3 Å². The highest BCUT2D eigenvalue weighted by atomic mass is 15.3. The molecule has 0 aromatic heterocycles. The van der Waals surface area contributed by atoms with Gasteiger partial charge >= 0.3 is 0 Å². The Morgan fingerprint density at radius 2 is 1.54 bits per heavy atom. The third-order valence-electron chi connectivity index (χ3n) is 4.86. The number of nitrogens with one attached hydrogen (secondary N) is 1. The maximum absolute atomic E-state index is 3.52. The van der Waals surface area contributed by atoms with E-state index in [2.05, 4.69) is 83.6 Å². The summed E-state index contributed by atoms with van der Waals surface area (Å²) in [6.07, 6.45) is 1.06. The summed E-state index contributed by atoms with van der Waals surface area (Å²) >= 11 is 0. The molecule has 3 heteroatoms. The van der Waals surface area contributed by atoms with Crippen molar-refractivity contribution < 1.29 is 0 Å². The Hall–Kier alpha value is -2.00. The Kier molecular flexibility index (Phi) is 5.76. The van der Waals surface area contributed by atoms with E-state index in [1.807, 2.05) is 0 Å². The SMILES string of the molecule is CC(C)N1CCN(c2ccc(NCCc3ccccc3)cc2)CC1. The lowest BCUT2D eigenvalue weighted by Crippen LogP contribution is -2.48. The van der Waals surface area contributed by atoms with Crippen LogP contribution in [0.4, 0.5) is 11.4 Å². The molecule has 1 aliphatic rings. The zero-order chi connectivity index (χ0) is 16.8. The summed E-state index contributed by atoms with van der Waals surface area (Å²) in [4.78, 5) is 5.04. The predicted molar refractivity (Wildman–Crippen MR) is 104 cm³/mol. The summed E-state index contributed by atoms with van der Waals surface area (Å²) < 4.78 is 0. The molecule has 128 valence electrons. The van der Waals surface area contributed by atoms with Gasteiger partial charge in [0, 0.05) is 50.1 Å². The van der Waals surface area contributed by atoms with E-state index >= 15 is 0 Å². The van der Waals surface area contributed by atoms with E-state index in [0.29, 0.717) is 6.04 Å². The monoisotopic (exact) mass is 323 g/mol. The van der Waals surface area contributed by atoms with E-state index in [4.69, 9.17) is 0 Å². The molecule has 1 saturated heterocycles. The molecule has 0 spiro atoms. The molecule has 1 heterocycles. The Bertz CT molecular complexity index is 599. The van der Waals surface area contributed by atoms with Crippen molar-refractivity contribution in [3.8, 4) is 0 Å². The van der Waals surface area contributed by atoms with E-state index < -0.39 is 0 Å². The van der Waals surface area contributed by atoms with Gasteiger partial charge in [-0.2, -0.15) is 0 Å². The molecule has 2 aromatic carbocycles. The molecule has 0 atom stereocenters. The van der Waals surface area contributed by atoms with Gasteiger partial charge in [0.2, 0.25) is 0 Å². The van der Waals surface area contributed by atoms with Crippen molar-refractivity contribution >= 4 is 11.4 Å². The molecule has 3 nitrogen and oxygen atoms in total. The maximum atomic E-state index is 3.52. The molecule has 0 radical (unpaired) electrons. The second-order valence-electron chi connectivity index (χ2n) is 6.83. The molecule has 1 fully saturated rings. The standard InChI is InChI=1S/C21H29N3/c1-18(2)23-14-16-24(17-15-23)21-10-8-20(9-11-21)22-13-12-19-6-4-3-5-7-19/h3-11,18,22H,12-17H2,1-2H3. The second-order valence-corrected chi connectivity index (χ2v) is 6.83. The Labute approximate surface area is 146 Å². The summed E-state index contributed by atoms with van der Waals surface area (Å²) in [5.41, 5.74) is 3.92. The van der Waals surface area contributed by atoms with E-state index in [1.54, 1.807) is 0 Å². The first-order chi connectivity index (χ1) is 11.7. The molecule has 1 aliphatic heterocycles. The Morgan fingerprint density at radius 3 is 2.17 bits per heavy atom. The van der Waals surface area contributed by atoms with Crippen molar-refractivity contribution in [2.45, 2.75) is 26.3 Å². The van der Waals surface area contributed by atoms with E-state index in [-0.39, 0.29) is 0 Å². The van der Waals surface area contributed by atoms with E-state index in [1.165, 1.54) is 16.9 Å². The molecule has 0 amide bonds. The van der Waals surface area contributed by atoms with Crippen LogP contribution in [0, 0.1) is 0 Å². The zero-order valence-electron chi connectivity index (χ0n) is 14.9. The molecule has 0 unspecified atom stereocenters. The average Bonchev–Trinajstić information content (AvgIpc) is 2.63. The van der Waals surface area contributed by atoms with Crippen LogP contribution in [0.25, 0.3) is 0 Å². The smallest absolute Gasteiger partial charge is 0.0368 e. The van der Waals surface area contributed by atoms with Crippen LogP contribution in [0.15, 0.2) is 54.6 Å². The van der Waals surface area contributed by atoms with Crippen molar-refractivity contribution in [2.75, 3.05) is 42.9 Å². The molecule has 0 bridgehead atoms. The summed E-state index contributed by atoms with van der Waals surface area (Å²) in [6.45, 7) is 10.1. The van der Waals surface area contributed by atoms with Crippen LogP contribution in [-0.2, 0) is 6.42 Å². The van der Waals surface area contributed by atoms with Gasteiger partial charge in [0.25, 0.3) is 0 Å². The molecule has 1 N–H and O–H groups in total. The Balaban J connectivity index is 1.47. The van der Waals surface area contributed by atoms with E-state index in [0.717, 1.165) is 39.1 Å². The van der Waals surface area contributed by atoms with Gasteiger partial charge in [-0.3, -0.25) is 4.90 Å². The minimum Gasteiger partial charge on any atom is -0.385 e. The minimum atomic E-state index is 0.656. The fourth-order valence-corrected chi connectivity index (χ4v) is 3.28. The van der Waals surface area contributed by atoms with Gasteiger partial charge in [0.05, 0.1) is 0 Å². The lowest BCUT2D eigenvalue weighted by atomic mass is 10.1. The Morgan fingerprint density at radius 1 is 0.875 bits per heavy atom. The maximum Gasteiger partial charge on any atom is 0.0368 e. The normalized spacial score (nSPS) is 15.7. The van der Waals surface area contributed by atoms with Crippen LogP contribution < -0.4 is 10.2 Å². The topological polar surface area (TPSA) is 18.5 Å². The highest BCUT2D eigenvalue weighted by Gasteiger charge is 2.18. The fraction of sp³-hybridized carbons (Fsp3) is 0.429. The molecule has 0 aliphatic carbocycles. The van der Waals surface area contributed by atoms with Gasteiger partial charge in [-0.15, -0.1) is 0 Å². The molecular formula is C21H29N3. The van der Waals surface area contributed by atoms with E-state index in [9.17, 15) is 0 Å². The zero-order valence-corrected chi connectivity index (χ0v) is 14.9. The van der Waals surface area contributed by atoms with Crippen molar-refractivity contribution in [2.24, 2.45) is 0 Å². The largest absolute Gasteiger partial charge is 0.385 e. The van der Waals surface area contributed by atoms with Crippen LogP contribution in [0.2, 0.25) is 0 Å². The van der Waals surface area contributed by atoms with Crippen molar-refractivity contribution in [1.82, 2.24) is 4.90 Å². The predicted octanol–water partition coefficient (Wildman–Crippen LogP) is 3.87. The molecule has 24 heavy (non-hydrogen) atoms. The third-order valence-corrected chi connectivity index (χ3v) is 4.86. The number of hydrogen-bond acceptors (Lipinski definition) is 3. The van der Waals surface area contributed by atoms with Gasteiger partial charge < -0.3 is 10.2 Å². The van der Waals surface area contributed by atoms with Crippen LogP contribution >= 0.6 is 0 Å². The van der Waals surface area contributed by atoms with Crippen molar-refractivity contribution in [3.05, 3.63) is 60.2 Å².